The van der Waals surface area contributed by atoms with Crippen LogP contribution in [0.1, 0.15) is 24.4 Å². The van der Waals surface area contributed by atoms with Crippen molar-refractivity contribution in [1.82, 2.24) is 10.2 Å². The molecule has 0 saturated carbocycles. The van der Waals surface area contributed by atoms with Gasteiger partial charge in [0.05, 0.1) is 5.02 Å². The zero-order chi connectivity index (χ0) is 15.5. The van der Waals surface area contributed by atoms with Crippen molar-refractivity contribution in [3.8, 4) is 5.75 Å². The quantitative estimate of drug-likeness (QED) is 0.895. The molecule has 0 radical (unpaired) electrons. The third-order valence-corrected chi connectivity index (χ3v) is 4.92. The van der Waals surface area contributed by atoms with Gasteiger partial charge in [0.25, 0.3) is 0 Å². The second-order valence-corrected chi connectivity index (χ2v) is 6.41. The van der Waals surface area contributed by atoms with Crippen LogP contribution in [0.3, 0.4) is 0 Å². The van der Waals surface area contributed by atoms with Gasteiger partial charge >= 0.3 is 0 Å². The van der Waals surface area contributed by atoms with E-state index in [0.29, 0.717) is 11.5 Å². The van der Waals surface area contributed by atoms with Gasteiger partial charge in [-0.2, -0.15) is 0 Å². The number of phenolic OH excluding ortho intramolecular Hbond substituents is 1. The Kier molecular flexibility index (Phi) is 5.18. The van der Waals surface area contributed by atoms with E-state index in [2.05, 4.69) is 10.2 Å². The third kappa shape index (κ3) is 3.38. The maximum atomic E-state index is 13.9. The first-order chi connectivity index (χ1) is 10.7. The summed E-state index contributed by atoms with van der Waals surface area (Å²) in [5.74, 6) is -0.0429. The molecule has 6 heteroatoms. The Morgan fingerprint density at radius 1 is 1.27 bits per heavy atom. The molecule has 2 fully saturated rings. The van der Waals surface area contributed by atoms with Crippen molar-refractivity contribution in [1.29, 1.82) is 0 Å². The Balaban J connectivity index is 1.96. The molecule has 122 valence electrons. The summed E-state index contributed by atoms with van der Waals surface area (Å²) in [6.07, 6.45) is 1.84. The largest absolute Gasteiger partial charge is 0.506 e. The van der Waals surface area contributed by atoms with E-state index in [4.69, 9.17) is 16.3 Å². The predicted octanol–water partition coefficient (Wildman–Crippen LogP) is 2.56. The van der Waals surface area contributed by atoms with Gasteiger partial charge in [0.1, 0.15) is 11.6 Å². The average Bonchev–Trinajstić information content (AvgIpc) is 2.54. The maximum absolute atomic E-state index is 13.9. The number of halogens is 2. The minimum absolute atomic E-state index is 0.0121. The molecule has 0 aromatic heterocycles. The van der Waals surface area contributed by atoms with E-state index >= 15 is 0 Å². The molecule has 4 nitrogen and oxygen atoms in total. The third-order valence-electron chi connectivity index (χ3n) is 4.63. The molecule has 2 aliphatic rings. The monoisotopic (exact) mass is 328 g/mol. The summed E-state index contributed by atoms with van der Waals surface area (Å²) in [6, 6.07) is 2.59. The molecule has 2 heterocycles. The van der Waals surface area contributed by atoms with E-state index in [-0.39, 0.29) is 16.8 Å². The lowest BCUT2D eigenvalue weighted by molar-refractivity contribution is 0.0206. The summed E-state index contributed by atoms with van der Waals surface area (Å²) >= 11 is 6.00. The predicted molar refractivity (Wildman–Crippen MR) is 83.8 cm³/mol. The SMILES string of the molecule is Oc1c(Cl)cc(F)cc1[C@@H](C1CCOCC1)N1CCNCC1. The van der Waals surface area contributed by atoms with Gasteiger partial charge in [-0.1, -0.05) is 11.6 Å². The number of phenols is 1. The second-order valence-electron chi connectivity index (χ2n) is 6.01. The fourth-order valence-corrected chi connectivity index (χ4v) is 3.77. The minimum Gasteiger partial charge on any atom is -0.506 e. The first-order valence-electron chi connectivity index (χ1n) is 7.87. The standard InChI is InChI=1S/C16H22ClFN2O2/c17-14-10-12(18)9-13(16(14)21)15(11-1-7-22-8-2-11)20-5-3-19-4-6-20/h9-11,15,19,21H,1-8H2/t15-/m1/s1. The van der Waals surface area contributed by atoms with Crippen molar-refractivity contribution >= 4 is 11.6 Å². The molecule has 22 heavy (non-hydrogen) atoms. The van der Waals surface area contributed by atoms with E-state index in [1.165, 1.54) is 12.1 Å². The highest BCUT2D eigenvalue weighted by Crippen LogP contribution is 2.42. The van der Waals surface area contributed by atoms with Crippen LogP contribution in [0.25, 0.3) is 0 Å². The number of aromatic hydroxyl groups is 1. The molecular formula is C16H22ClFN2O2. The molecule has 0 unspecified atom stereocenters. The van der Waals surface area contributed by atoms with Gasteiger partial charge in [-0.25, -0.2) is 4.39 Å². The van der Waals surface area contributed by atoms with Gasteiger partial charge in [0.2, 0.25) is 0 Å². The highest BCUT2D eigenvalue weighted by atomic mass is 35.5. The molecule has 0 bridgehead atoms. The second kappa shape index (κ2) is 7.13. The molecule has 3 rings (SSSR count). The molecule has 2 saturated heterocycles. The first-order valence-corrected chi connectivity index (χ1v) is 8.25. The van der Waals surface area contributed by atoms with Crippen molar-refractivity contribution in [2.45, 2.75) is 18.9 Å². The molecule has 1 aromatic carbocycles. The lowest BCUT2D eigenvalue weighted by atomic mass is 9.85. The van der Waals surface area contributed by atoms with Gasteiger partial charge in [0.15, 0.2) is 0 Å². The lowest BCUT2D eigenvalue weighted by Gasteiger charge is -2.41. The summed E-state index contributed by atoms with van der Waals surface area (Å²) in [7, 11) is 0. The Morgan fingerprint density at radius 3 is 2.64 bits per heavy atom. The Labute approximate surface area is 135 Å². The van der Waals surface area contributed by atoms with Crippen LogP contribution >= 0.6 is 11.6 Å². The number of ether oxygens (including phenoxy) is 1. The number of hydrogen-bond donors (Lipinski definition) is 2. The molecular weight excluding hydrogens is 307 g/mol. The average molecular weight is 329 g/mol. The minimum atomic E-state index is -0.398. The highest BCUT2D eigenvalue weighted by molar-refractivity contribution is 6.32. The number of benzene rings is 1. The van der Waals surface area contributed by atoms with Crippen LogP contribution in [0.2, 0.25) is 5.02 Å². The number of piperazine rings is 1. The van der Waals surface area contributed by atoms with Crippen molar-refractivity contribution in [2.24, 2.45) is 5.92 Å². The van der Waals surface area contributed by atoms with E-state index in [1.807, 2.05) is 0 Å². The van der Waals surface area contributed by atoms with Crippen LogP contribution in [0, 0.1) is 11.7 Å². The van der Waals surface area contributed by atoms with Crippen LogP contribution in [-0.2, 0) is 4.74 Å². The summed E-state index contributed by atoms with van der Waals surface area (Å²) in [6.45, 7) is 5.02. The smallest absolute Gasteiger partial charge is 0.139 e. The van der Waals surface area contributed by atoms with Crippen LogP contribution in [0.4, 0.5) is 4.39 Å². The van der Waals surface area contributed by atoms with Gasteiger partial charge in [0, 0.05) is 51.0 Å². The van der Waals surface area contributed by atoms with Crippen molar-refractivity contribution < 1.29 is 14.2 Å². The lowest BCUT2D eigenvalue weighted by Crippen LogP contribution is -2.47. The molecule has 0 aliphatic carbocycles. The summed E-state index contributed by atoms with van der Waals surface area (Å²) < 4.78 is 19.3. The highest BCUT2D eigenvalue weighted by Gasteiger charge is 2.33. The van der Waals surface area contributed by atoms with E-state index in [0.717, 1.165) is 52.2 Å². The van der Waals surface area contributed by atoms with Crippen molar-refractivity contribution in [3.05, 3.63) is 28.5 Å². The van der Waals surface area contributed by atoms with Crippen molar-refractivity contribution in [3.63, 3.8) is 0 Å². The van der Waals surface area contributed by atoms with Crippen LogP contribution in [0.15, 0.2) is 12.1 Å². The number of nitrogens with one attached hydrogen (secondary N) is 1. The van der Waals surface area contributed by atoms with Crippen LogP contribution < -0.4 is 5.32 Å². The fraction of sp³-hybridized carbons (Fsp3) is 0.625. The van der Waals surface area contributed by atoms with Gasteiger partial charge < -0.3 is 15.2 Å². The Hall–Kier alpha value is -0.880. The summed E-state index contributed by atoms with van der Waals surface area (Å²) in [5, 5.41) is 13.8. The van der Waals surface area contributed by atoms with E-state index < -0.39 is 5.82 Å². The number of nitrogens with zero attached hydrogens (tertiary/aromatic N) is 1. The molecule has 2 aliphatic heterocycles. The zero-order valence-electron chi connectivity index (χ0n) is 12.5. The maximum Gasteiger partial charge on any atom is 0.139 e. The normalized spacial score (nSPS) is 22.6. The Bertz CT molecular complexity index is 499. The molecule has 1 atom stereocenters. The Morgan fingerprint density at radius 2 is 1.95 bits per heavy atom. The van der Waals surface area contributed by atoms with Crippen LogP contribution in [0.5, 0.6) is 5.75 Å². The first kappa shape index (κ1) is 16.0. The fourth-order valence-electron chi connectivity index (χ4n) is 3.55. The van der Waals surface area contributed by atoms with E-state index in [9.17, 15) is 9.50 Å². The molecule has 0 spiro atoms. The van der Waals surface area contributed by atoms with E-state index in [1.54, 1.807) is 0 Å². The summed E-state index contributed by atoms with van der Waals surface area (Å²) in [5.41, 5.74) is 0.610. The number of hydrogen-bond acceptors (Lipinski definition) is 4. The summed E-state index contributed by atoms with van der Waals surface area (Å²) in [4.78, 5) is 2.33. The number of rotatable bonds is 3. The molecule has 1 aromatic rings. The van der Waals surface area contributed by atoms with Gasteiger partial charge in [-0.15, -0.1) is 0 Å². The van der Waals surface area contributed by atoms with Crippen LogP contribution in [-0.4, -0.2) is 49.4 Å². The zero-order valence-corrected chi connectivity index (χ0v) is 13.3. The molecule has 0 amide bonds. The van der Waals surface area contributed by atoms with Crippen molar-refractivity contribution in [2.75, 3.05) is 39.4 Å². The van der Waals surface area contributed by atoms with Gasteiger partial charge in [-0.3, -0.25) is 4.90 Å². The van der Waals surface area contributed by atoms with Gasteiger partial charge in [-0.05, 0) is 30.9 Å². The topological polar surface area (TPSA) is 44.7 Å². The molecule has 2 N–H and O–H groups in total.